The highest BCUT2D eigenvalue weighted by Gasteiger charge is 2.01. The van der Waals surface area contributed by atoms with Crippen molar-refractivity contribution in [2.45, 2.75) is 25.8 Å². The number of esters is 1. The van der Waals surface area contributed by atoms with Crippen LogP contribution in [0.3, 0.4) is 0 Å². The fraction of sp³-hybridized carbons (Fsp3) is 0.875. The van der Waals surface area contributed by atoms with Crippen LogP contribution in [0.5, 0.6) is 0 Å². The van der Waals surface area contributed by atoms with Gasteiger partial charge in [0.15, 0.2) is 0 Å². The molecule has 78 valence electrons. The highest BCUT2D eigenvalue weighted by Crippen LogP contribution is 1.94. The van der Waals surface area contributed by atoms with Crippen LogP contribution in [0.2, 0.25) is 0 Å². The van der Waals surface area contributed by atoms with Crippen LogP contribution in [-0.4, -0.2) is 32.0 Å². The van der Waals surface area contributed by atoms with Gasteiger partial charge < -0.3 is 20.9 Å². The average Bonchev–Trinajstić information content (AvgIpc) is 2.08. The Bertz CT molecular complexity index is 139. The van der Waals surface area contributed by atoms with Crippen LogP contribution in [0.1, 0.15) is 19.8 Å². The number of rotatable bonds is 7. The molecule has 13 heavy (non-hydrogen) atoms. The molecule has 0 aromatic rings. The molecule has 4 N–H and O–H groups in total. The number of carbonyl (C=O) groups excluding carboxylic acids is 1. The van der Waals surface area contributed by atoms with Crippen molar-refractivity contribution < 1.29 is 14.3 Å². The van der Waals surface area contributed by atoms with Crippen molar-refractivity contribution in [3.63, 3.8) is 0 Å². The molecule has 0 aromatic carbocycles. The van der Waals surface area contributed by atoms with E-state index in [-0.39, 0.29) is 25.3 Å². The van der Waals surface area contributed by atoms with E-state index in [1.54, 1.807) is 0 Å². The van der Waals surface area contributed by atoms with Crippen molar-refractivity contribution in [3.05, 3.63) is 0 Å². The zero-order valence-corrected chi connectivity index (χ0v) is 7.99. The third-order valence-corrected chi connectivity index (χ3v) is 1.40. The van der Waals surface area contributed by atoms with Gasteiger partial charge in [0.1, 0.15) is 6.61 Å². The second-order valence-electron chi connectivity index (χ2n) is 2.86. The van der Waals surface area contributed by atoms with Crippen molar-refractivity contribution in [3.8, 4) is 0 Å². The van der Waals surface area contributed by atoms with Crippen molar-refractivity contribution in [1.29, 1.82) is 0 Å². The smallest absolute Gasteiger partial charge is 0.332 e. The minimum absolute atomic E-state index is 0.0366. The van der Waals surface area contributed by atoms with E-state index in [4.69, 9.17) is 16.2 Å². The second kappa shape index (κ2) is 7.97. The Morgan fingerprint density at radius 3 is 2.77 bits per heavy atom. The lowest BCUT2D eigenvalue weighted by Crippen LogP contribution is -2.18. The van der Waals surface area contributed by atoms with Gasteiger partial charge in [0.25, 0.3) is 0 Å². The first kappa shape index (κ1) is 12.3. The van der Waals surface area contributed by atoms with Gasteiger partial charge in [-0.1, -0.05) is 0 Å². The van der Waals surface area contributed by atoms with Crippen LogP contribution in [0, 0.1) is 0 Å². The zero-order chi connectivity index (χ0) is 10.1. The lowest BCUT2D eigenvalue weighted by molar-refractivity contribution is -0.149. The highest BCUT2D eigenvalue weighted by molar-refractivity contribution is 5.70. The summed E-state index contributed by atoms with van der Waals surface area (Å²) in [6.07, 6.45) is 1.64. The summed E-state index contributed by atoms with van der Waals surface area (Å²) in [6, 6.07) is 0.152. The summed E-state index contributed by atoms with van der Waals surface area (Å²) >= 11 is 0. The van der Waals surface area contributed by atoms with Crippen LogP contribution in [0.4, 0.5) is 0 Å². The number of hydrogen-bond donors (Lipinski definition) is 2. The van der Waals surface area contributed by atoms with Crippen molar-refractivity contribution in [2.24, 2.45) is 11.5 Å². The number of nitrogens with two attached hydrogens (primary N) is 2. The Morgan fingerprint density at radius 1 is 1.54 bits per heavy atom. The normalized spacial score (nSPS) is 12.5. The largest absolute Gasteiger partial charge is 0.464 e. The molecule has 5 heteroatoms. The Labute approximate surface area is 78.4 Å². The first-order chi connectivity index (χ1) is 6.16. The van der Waals surface area contributed by atoms with Crippen LogP contribution in [0.15, 0.2) is 0 Å². The Morgan fingerprint density at radius 2 is 2.23 bits per heavy atom. The molecule has 0 aliphatic rings. The summed E-state index contributed by atoms with van der Waals surface area (Å²) in [5, 5.41) is 0. The maximum atomic E-state index is 10.8. The van der Waals surface area contributed by atoms with E-state index < -0.39 is 0 Å². The van der Waals surface area contributed by atoms with E-state index >= 15 is 0 Å². The van der Waals surface area contributed by atoms with E-state index in [1.165, 1.54) is 0 Å². The lowest BCUT2D eigenvalue weighted by Gasteiger charge is -2.06. The Balaban J connectivity index is 3.17. The molecule has 0 radical (unpaired) electrons. The van der Waals surface area contributed by atoms with E-state index in [9.17, 15) is 4.79 Å². The van der Waals surface area contributed by atoms with Gasteiger partial charge in [0.05, 0.1) is 13.3 Å². The van der Waals surface area contributed by atoms with Crippen molar-refractivity contribution in [1.82, 2.24) is 0 Å². The Hall–Kier alpha value is -0.650. The van der Waals surface area contributed by atoms with Gasteiger partial charge in [-0.05, 0) is 19.8 Å². The predicted molar refractivity (Wildman–Crippen MR) is 48.8 cm³/mol. The molecule has 0 spiro atoms. The highest BCUT2D eigenvalue weighted by atomic mass is 16.6. The predicted octanol–water partition coefficient (Wildman–Crippen LogP) is -0.410. The van der Waals surface area contributed by atoms with Crippen molar-refractivity contribution in [2.75, 3.05) is 19.9 Å². The summed E-state index contributed by atoms with van der Waals surface area (Å²) in [5.41, 5.74) is 10.5. The van der Waals surface area contributed by atoms with Gasteiger partial charge in [-0.2, -0.15) is 0 Å². The van der Waals surface area contributed by atoms with E-state index in [1.807, 2.05) is 6.92 Å². The fourth-order valence-electron chi connectivity index (χ4n) is 0.775. The molecule has 1 atom stereocenters. The molecule has 1 unspecified atom stereocenters. The van der Waals surface area contributed by atoms with Crippen LogP contribution in [-0.2, 0) is 14.3 Å². The fourth-order valence-corrected chi connectivity index (χ4v) is 0.775. The monoisotopic (exact) mass is 190 g/mol. The van der Waals surface area contributed by atoms with Gasteiger partial charge in [-0.15, -0.1) is 0 Å². The van der Waals surface area contributed by atoms with Gasteiger partial charge in [-0.25, -0.2) is 4.79 Å². The number of carbonyl (C=O) groups is 1. The number of ether oxygens (including phenoxy) is 2. The molecule has 0 saturated carbocycles. The first-order valence-electron chi connectivity index (χ1n) is 4.36. The summed E-state index contributed by atoms with van der Waals surface area (Å²) in [5.74, 6) is -0.380. The molecule has 0 aliphatic carbocycles. The molecular weight excluding hydrogens is 172 g/mol. The minimum Gasteiger partial charge on any atom is -0.464 e. The third-order valence-electron chi connectivity index (χ3n) is 1.40. The summed E-state index contributed by atoms with van der Waals surface area (Å²) in [6.45, 7) is 2.28. The van der Waals surface area contributed by atoms with E-state index in [0.29, 0.717) is 6.61 Å². The van der Waals surface area contributed by atoms with E-state index in [2.05, 4.69) is 4.74 Å². The molecule has 0 bridgehead atoms. The third kappa shape index (κ3) is 9.26. The molecule has 0 rings (SSSR count). The van der Waals surface area contributed by atoms with Gasteiger partial charge in [-0.3, -0.25) is 0 Å². The lowest BCUT2D eigenvalue weighted by atomic mass is 10.2. The molecule has 5 nitrogen and oxygen atoms in total. The maximum absolute atomic E-state index is 10.8. The minimum atomic E-state index is -0.380. The van der Waals surface area contributed by atoms with Gasteiger partial charge in [0.2, 0.25) is 0 Å². The SMILES string of the molecule is CC(N)CCCOC(=O)COCN. The molecule has 0 fully saturated rings. The molecule has 0 heterocycles. The molecular formula is C8H18N2O3. The molecule has 0 amide bonds. The topological polar surface area (TPSA) is 87.6 Å². The van der Waals surface area contributed by atoms with Gasteiger partial charge in [0, 0.05) is 6.04 Å². The van der Waals surface area contributed by atoms with Crippen LogP contribution >= 0.6 is 0 Å². The first-order valence-corrected chi connectivity index (χ1v) is 4.36. The van der Waals surface area contributed by atoms with Crippen LogP contribution in [0.25, 0.3) is 0 Å². The second-order valence-corrected chi connectivity index (χ2v) is 2.86. The summed E-state index contributed by atoms with van der Waals surface area (Å²) in [4.78, 5) is 10.8. The summed E-state index contributed by atoms with van der Waals surface area (Å²) in [7, 11) is 0. The molecule has 0 aromatic heterocycles. The maximum Gasteiger partial charge on any atom is 0.332 e. The summed E-state index contributed by atoms with van der Waals surface area (Å²) < 4.78 is 9.47. The van der Waals surface area contributed by atoms with Crippen molar-refractivity contribution >= 4 is 5.97 Å². The standard InChI is InChI=1S/C8H18N2O3/c1-7(10)3-2-4-13-8(11)5-12-6-9/h7H,2-6,9-10H2,1H3. The van der Waals surface area contributed by atoms with Gasteiger partial charge >= 0.3 is 5.97 Å². The molecule has 0 saturated heterocycles. The van der Waals surface area contributed by atoms with Crippen LogP contribution < -0.4 is 11.5 Å². The molecule has 0 aliphatic heterocycles. The average molecular weight is 190 g/mol. The van der Waals surface area contributed by atoms with E-state index in [0.717, 1.165) is 12.8 Å². The Kier molecular flexibility index (Phi) is 7.57. The number of hydrogen-bond acceptors (Lipinski definition) is 5. The quantitative estimate of drug-likeness (QED) is 0.324. The zero-order valence-electron chi connectivity index (χ0n) is 7.99.